The molecule has 180 valence electrons. The van der Waals surface area contributed by atoms with E-state index in [1.54, 1.807) is 0 Å². The second kappa shape index (κ2) is 10.6. The van der Waals surface area contributed by atoms with Crippen LogP contribution in [0, 0.1) is 5.92 Å². The number of H-pyrrole nitrogens is 1. The number of aromatic amines is 1. The molecule has 35 heavy (non-hydrogen) atoms. The van der Waals surface area contributed by atoms with Crippen LogP contribution < -0.4 is 21.9 Å². The molecule has 0 spiro atoms. The highest BCUT2D eigenvalue weighted by molar-refractivity contribution is 8.00. The summed E-state index contributed by atoms with van der Waals surface area (Å²) < 4.78 is 1.28. The van der Waals surface area contributed by atoms with Gasteiger partial charge in [0.25, 0.3) is 5.56 Å². The molecule has 0 radical (unpaired) electrons. The smallest absolute Gasteiger partial charge is 0.330 e. The lowest BCUT2D eigenvalue weighted by Crippen LogP contribution is -2.43. The van der Waals surface area contributed by atoms with Crippen LogP contribution in [0.3, 0.4) is 0 Å². The van der Waals surface area contributed by atoms with E-state index < -0.39 is 11.2 Å². The highest BCUT2D eigenvalue weighted by atomic mass is 32.2. The molecule has 4 rings (SSSR count). The molecule has 0 saturated heterocycles. The number of amides is 1. The van der Waals surface area contributed by atoms with E-state index in [4.69, 9.17) is 5.73 Å². The second-order valence-electron chi connectivity index (χ2n) is 8.45. The predicted molar refractivity (Wildman–Crippen MR) is 139 cm³/mol. The summed E-state index contributed by atoms with van der Waals surface area (Å²) >= 11 is 1.27. The van der Waals surface area contributed by atoms with Gasteiger partial charge in [-0.3, -0.25) is 19.1 Å². The van der Waals surface area contributed by atoms with Crippen LogP contribution in [0.2, 0.25) is 0 Å². The predicted octanol–water partition coefficient (Wildman–Crippen LogP) is 2.89. The Hall–Kier alpha value is -3.92. The summed E-state index contributed by atoms with van der Waals surface area (Å²) in [6.07, 6.45) is 1.46. The number of nitrogen functional groups attached to an aromatic ring is 1. The number of aromatic nitrogens is 4. The Balaban J connectivity index is 1.67. The zero-order valence-corrected chi connectivity index (χ0v) is 20.3. The van der Waals surface area contributed by atoms with Crippen molar-refractivity contribution in [1.29, 1.82) is 0 Å². The summed E-state index contributed by atoms with van der Waals surface area (Å²) in [6, 6.07) is 16.8. The summed E-state index contributed by atoms with van der Waals surface area (Å²) in [5.74, 6) is -0.274. The first kappa shape index (κ1) is 24.2. The minimum absolute atomic E-state index is 0.0209. The number of benzene rings is 2. The molecule has 0 atom stereocenters. The van der Waals surface area contributed by atoms with E-state index >= 15 is 0 Å². The van der Waals surface area contributed by atoms with Crippen LogP contribution in [0.4, 0.5) is 11.5 Å². The molecule has 1 amide bonds. The van der Waals surface area contributed by atoms with Crippen LogP contribution in [0.1, 0.15) is 19.4 Å². The Morgan fingerprint density at radius 2 is 1.80 bits per heavy atom. The summed E-state index contributed by atoms with van der Waals surface area (Å²) in [7, 11) is 0. The van der Waals surface area contributed by atoms with Crippen molar-refractivity contribution < 1.29 is 4.79 Å². The Kier molecular flexibility index (Phi) is 7.31. The van der Waals surface area contributed by atoms with Crippen LogP contribution in [-0.2, 0) is 11.3 Å². The van der Waals surface area contributed by atoms with Gasteiger partial charge in [-0.15, -0.1) is 0 Å². The molecule has 2 aromatic heterocycles. The second-order valence-corrected chi connectivity index (χ2v) is 9.41. The molecule has 10 heteroatoms. The Morgan fingerprint density at radius 3 is 2.54 bits per heavy atom. The van der Waals surface area contributed by atoms with Crippen molar-refractivity contribution in [2.24, 2.45) is 5.92 Å². The number of carbonyl (C=O) groups excluding carboxylic acids is 1. The van der Waals surface area contributed by atoms with Crippen LogP contribution >= 0.6 is 11.8 Å². The van der Waals surface area contributed by atoms with Crippen molar-refractivity contribution >= 4 is 40.1 Å². The van der Waals surface area contributed by atoms with Crippen LogP contribution in [0.25, 0.3) is 10.9 Å². The summed E-state index contributed by atoms with van der Waals surface area (Å²) in [5.41, 5.74) is 6.63. The number of nitrogens with one attached hydrogen (secondary N) is 1. The molecule has 0 saturated carbocycles. The Morgan fingerprint density at radius 1 is 1.09 bits per heavy atom. The minimum Gasteiger partial charge on any atom is -0.383 e. The quantitative estimate of drug-likeness (QED) is 0.287. The molecule has 0 aliphatic rings. The van der Waals surface area contributed by atoms with Gasteiger partial charge in [0.15, 0.2) is 5.69 Å². The van der Waals surface area contributed by atoms with E-state index in [1.807, 2.05) is 68.4 Å². The Bertz CT molecular complexity index is 1460. The molecule has 3 N–H and O–H groups in total. The van der Waals surface area contributed by atoms with Gasteiger partial charge in [0.2, 0.25) is 5.91 Å². The molecule has 0 fully saturated rings. The van der Waals surface area contributed by atoms with Gasteiger partial charge in [0.1, 0.15) is 17.2 Å². The summed E-state index contributed by atoms with van der Waals surface area (Å²) in [4.78, 5) is 51.1. The number of anilines is 2. The third kappa shape index (κ3) is 5.43. The zero-order valence-electron chi connectivity index (χ0n) is 19.5. The number of fused-ring (bicyclic) bond motifs is 1. The molecule has 2 heterocycles. The number of rotatable bonds is 8. The minimum atomic E-state index is -0.691. The van der Waals surface area contributed by atoms with Gasteiger partial charge < -0.3 is 10.6 Å². The molecule has 2 aromatic carbocycles. The fraction of sp³-hybridized carbons (Fsp3) is 0.240. The van der Waals surface area contributed by atoms with Gasteiger partial charge >= 0.3 is 5.69 Å². The van der Waals surface area contributed by atoms with Crippen molar-refractivity contribution in [3.63, 3.8) is 0 Å². The van der Waals surface area contributed by atoms with E-state index in [-0.39, 0.29) is 42.2 Å². The number of nitrogens with zero attached hydrogens (tertiary/aromatic N) is 4. The first-order valence-electron chi connectivity index (χ1n) is 11.1. The normalized spacial score (nSPS) is 11.2. The number of hydrogen-bond donors (Lipinski definition) is 2. The fourth-order valence-corrected chi connectivity index (χ4v) is 4.61. The zero-order chi connectivity index (χ0) is 24.9. The summed E-state index contributed by atoms with van der Waals surface area (Å²) in [6.45, 7) is 4.31. The SMILES string of the molecule is CC(C)CN(C(=O)CSc1ncnc2ccccc12)c1c(N)n(Cc2ccccc2)c(=O)[nH]c1=O. The fourth-order valence-electron chi connectivity index (χ4n) is 3.75. The average molecular weight is 491 g/mol. The molecule has 0 bridgehead atoms. The highest BCUT2D eigenvalue weighted by Gasteiger charge is 2.25. The highest BCUT2D eigenvalue weighted by Crippen LogP contribution is 2.26. The van der Waals surface area contributed by atoms with Crippen LogP contribution in [0.15, 0.2) is 75.5 Å². The van der Waals surface area contributed by atoms with E-state index in [0.29, 0.717) is 5.03 Å². The molecule has 4 aromatic rings. The first-order chi connectivity index (χ1) is 16.8. The van der Waals surface area contributed by atoms with E-state index in [2.05, 4.69) is 15.0 Å². The summed E-state index contributed by atoms with van der Waals surface area (Å²) in [5, 5.41) is 1.52. The van der Waals surface area contributed by atoms with Gasteiger partial charge in [0.05, 0.1) is 17.8 Å². The van der Waals surface area contributed by atoms with Crippen molar-refractivity contribution in [3.05, 3.63) is 87.3 Å². The van der Waals surface area contributed by atoms with Crippen molar-refractivity contribution in [1.82, 2.24) is 19.5 Å². The largest absolute Gasteiger partial charge is 0.383 e. The topological polar surface area (TPSA) is 127 Å². The maximum Gasteiger partial charge on any atom is 0.330 e. The van der Waals surface area contributed by atoms with Crippen molar-refractivity contribution in [2.45, 2.75) is 25.4 Å². The number of thioether (sulfide) groups is 1. The third-order valence-electron chi connectivity index (χ3n) is 5.35. The van der Waals surface area contributed by atoms with Gasteiger partial charge in [0, 0.05) is 11.9 Å². The maximum atomic E-state index is 13.4. The lowest BCUT2D eigenvalue weighted by molar-refractivity contribution is -0.116. The van der Waals surface area contributed by atoms with Gasteiger partial charge in [-0.1, -0.05) is 74.1 Å². The molecule has 0 unspecified atom stereocenters. The van der Waals surface area contributed by atoms with Gasteiger partial charge in [-0.2, -0.15) is 0 Å². The van der Waals surface area contributed by atoms with E-state index in [1.165, 1.54) is 27.6 Å². The lowest BCUT2D eigenvalue weighted by atomic mass is 10.2. The first-order valence-corrected chi connectivity index (χ1v) is 12.1. The standard InChI is InChI=1S/C25H26N6O3S/c1-16(2)12-30(20(32)14-35-24-18-10-6-7-11-19(18)27-15-28-24)21-22(26)31(25(34)29-23(21)33)13-17-8-4-3-5-9-17/h3-11,15-16H,12-14,26H2,1-2H3,(H,29,33,34). The van der Waals surface area contributed by atoms with Crippen molar-refractivity contribution in [2.75, 3.05) is 22.9 Å². The molecule has 0 aliphatic heterocycles. The van der Waals surface area contributed by atoms with Gasteiger partial charge in [-0.25, -0.2) is 14.8 Å². The lowest BCUT2D eigenvalue weighted by Gasteiger charge is -2.26. The van der Waals surface area contributed by atoms with Crippen molar-refractivity contribution in [3.8, 4) is 0 Å². The molecule has 9 nitrogen and oxygen atoms in total. The van der Waals surface area contributed by atoms with E-state index in [9.17, 15) is 14.4 Å². The molecule has 0 aliphatic carbocycles. The molecular formula is C25H26N6O3S. The van der Waals surface area contributed by atoms with E-state index in [0.717, 1.165) is 16.5 Å². The number of para-hydroxylation sites is 1. The van der Waals surface area contributed by atoms with Gasteiger partial charge in [-0.05, 0) is 17.5 Å². The van der Waals surface area contributed by atoms with Crippen LogP contribution in [0.5, 0.6) is 0 Å². The number of carbonyl (C=O) groups is 1. The average Bonchev–Trinajstić information content (AvgIpc) is 2.84. The number of hydrogen-bond acceptors (Lipinski definition) is 7. The maximum absolute atomic E-state index is 13.4. The third-order valence-corrected chi connectivity index (χ3v) is 6.34. The van der Waals surface area contributed by atoms with Crippen LogP contribution in [-0.4, -0.2) is 37.7 Å². The Labute approximate surface area is 206 Å². The monoisotopic (exact) mass is 490 g/mol. The molecular weight excluding hydrogens is 464 g/mol. The number of nitrogens with two attached hydrogens (primary N) is 1.